The second kappa shape index (κ2) is 9.27. The highest BCUT2D eigenvalue weighted by Gasteiger charge is 2.15. The zero-order valence-corrected chi connectivity index (χ0v) is 17.6. The lowest BCUT2D eigenvalue weighted by molar-refractivity contribution is -0.123. The summed E-state index contributed by atoms with van der Waals surface area (Å²) >= 11 is 0. The largest absolute Gasteiger partial charge is 0.452 e. The van der Waals surface area contributed by atoms with Gasteiger partial charge in [0.1, 0.15) is 5.82 Å². The van der Waals surface area contributed by atoms with Crippen molar-refractivity contribution in [1.29, 1.82) is 0 Å². The maximum atomic E-state index is 12.9. The first-order valence-corrected chi connectivity index (χ1v) is 10.1. The highest BCUT2D eigenvalue weighted by atomic mass is 16.5. The molecule has 0 atom stereocenters. The molecule has 1 N–H and O–H groups in total. The van der Waals surface area contributed by atoms with E-state index in [0.29, 0.717) is 28.0 Å². The summed E-state index contributed by atoms with van der Waals surface area (Å²) in [5.41, 5.74) is 1.45. The van der Waals surface area contributed by atoms with E-state index in [-0.39, 0.29) is 11.1 Å². The summed E-state index contributed by atoms with van der Waals surface area (Å²) in [7, 11) is 0. The van der Waals surface area contributed by atoms with E-state index in [1.165, 1.54) is 16.7 Å². The van der Waals surface area contributed by atoms with Crippen molar-refractivity contribution in [3.8, 4) is 5.69 Å². The lowest BCUT2D eigenvalue weighted by atomic mass is 10.2. The number of imide groups is 1. The predicted octanol–water partition coefficient (Wildman–Crippen LogP) is 2.81. The average molecular weight is 441 g/mol. The lowest BCUT2D eigenvalue weighted by Crippen LogP contribution is -2.34. The van der Waals surface area contributed by atoms with Crippen molar-refractivity contribution in [2.45, 2.75) is 6.92 Å². The van der Waals surface area contributed by atoms with E-state index >= 15 is 0 Å². The van der Waals surface area contributed by atoms with Crippen LogP contribution in [0.15, 0.2) is 83.7 Å². The fourth-order valence-corrected chi connectivity index (χ4v) is 3.33. The Hall–Kier alpha value is -4.59. The maximum absolute atomic E-state index is 12.9. The normalized spacial score (nSPS) is 10.6. The monoisotopic (exact) mass is 441 g/mol. The molecule has 0 spiro atoms. The van der Waals surface area contributed by atoms with Crippen LogP contribution in [0, 0.1) is 6.92 Å². The van der Waals surface area contributed by atoms with Gasteiger partial charge >= 0.3 is 5.97 Å². The molecule has 1 heterocycles. The van der Waals surface area contributed by atoms with Gasteiger partial charge in [0.15, 0.2) is 6.61 Å². The third-order valence-corrected chi connectivity index (χ3v) is 4.93. The van der Waals surface area contributed by atoms with Crippen LogP contribution in [0.5, 0.6) is 0 Å². The van der Waals surface area contributed by atoms with Crippen LogP contribution in [0.25, 0.3) is 16.6 Å². The molecule has 0 aliphatic rings. The van der Waals surface area contributed by atoms with Crippen LogP contribution < -0.4 is 10.9 Å². The van der Waals surface area contributed by atoms with Gasteiger partial charge in [-0.15, -0.1) is 0 Å². The number of carbonyl (C=O) groups is 3. The molecule has 0 unspecified atom stereocenters. The fourth-order valence-electron chi connectivity index (χ4n) is 3.33. The molecule has 33 heavy (non-hydrogen) atoms. The van der Waals surface area contributed by atoms with E-state index in [4.69, 9.17) is 4.74 Å². The van der Waals surface area contributed by atoms with Gasteiger partial charge in [-0.25, -0.2) is 9.78 Å². The van der Waals surface area contributed by atoms with Crippen molar-refractivity contribution in [3.05, 3.63) is 106 Å². The van der Waals surface area contributed by atoms with Crippen LogP contribution in [-0.4, -0.2) is 33.9 Å². The summed E-state index contributed by atoms with van der Waals surface area (Å²) in [5.74, 6) is -1.54. The highest BCUT2D eigenvalue weighted by Crippen LogP contribution is 2.14. The summed E-state index contributed by atoms with van der Waals surface area (Å²) in [5, 5.41) is 2.65. The lowest BCUT2D eigenvalue weighted by Gasteiger charge is -2.11. The maximum Gasteiger partial charge on any atom is 0.338 e. The number of ether oxygens (including phenoxy) is 1. The minimum absolute atomic E-state index is 0.195. The second-order valence-corrected chi connectivity index (χ2v) is 7.18. The van der Waals surface area contributed by atoms with Gasteiger partial charge in [0.2, 0.25) is 0 Å². The third kappa shape index (κ3) is 4.69. The Kier molecular flexibility index (Phi) is 6.08. The molecule has 0 radical (unpaired) electrons. The molecule has 0 aliphatic carbocycles. The van der Waals surface area contributed by atoms with Crippen molar-refractivity contribution in [2.24, 2.45) is 0 Å². The minimum Gasteiger partial charge on any atom is -0.452 e. The van der Waals surface area contributed by atoms with E-state index in [1.807, 2.05) is 6.07 Å². The van der Waals surface area contributed by atoms with Crippen molar-refractivity contribution >= 4 is 28.7 Å². The Labute approximate surface area is 188 Å². The van der Waals surface area contributed by atoms with Gasteiger partial charge < -0.3 is 4.74 Å². The van der Waals surface area contributed by atoms with Crippen LogP contribution in [0.4, 0.5) is 0 Å². The number of nitrogens with one attached hydrogen (secondary N) is 1. The summed E-state index contributed by atoms with van der Waals surface area (Å²) in [6.07, 6.45) is 0. The van der Waals surface area contributed by atoms with Gasteiger partial charge in [0.25, 0.3) is 17.4 Å². The molecule has 2 amide bonds. The van der Waals surface area contributed by atoms with Gasteiger partial charge in [-0.3, -0.25) is 24.3 Å². The number of nitrogens with zero attached hydrogens (tertiary/aromatic N) is 2. The number of rotatable bonds is 5. The van der Waals surface area contributed by atoms with Crippen molar-refractivity contribution in [3.63, 3.8) is 0 Å². The standard InChI is InChI=1S/C25H19N3O5/c1-16-26-21-10-6-5-9-20(21)24(31)28(16)19-13-11-18(12-14-19)25(32)33-15-22(29)27-23(30)17-7-3-2-4-8-17/h2-14H,15H2,1H3,(H,27,29,30). The van der Waals surface area contributed by atoms with E-state index in [1.54, 1.807) is 67.6 Å². The number of aryl methyl sites for hydroxylation is 1. The molecular formula is C25H19N3O5. The number of aromatic nitrogens is 2. The molecule has 3 aromatic carbocycles. The second-order valence-electron chi connectivity index (χ2n) is 7.18. The van der Waals surface area contributed by atoms with Crippen LogP contribution >= 0.6 is 0 Å². The zero-order chi connectivity index (χ0) is 23.4. The molecule has 4 aromatic rings. The Morgan fingerprint density at radius 1 is 0.879 bits per heavy atom. The van der Waals surface area contributed by atoms with Crippen molar-refractivity contribution in [2.75, 3.05) is 6.61 Å². The number of para-hydroxylation sites is 1. The Morgan fingerprint density at radius 3 is 2.27 bits per heavy atom. The van der Waals surface area contributed by atoms with E-state index in [0.717, 1.165) is 0 Å². The molecule has 0 fully saturated rings. The summed E-state index contributed by atoms with van der Waals surface area (Å²) in [6, 6.07) is 21.5. The molecule has 0 aliphatic heterocycles. The number of benzene rings is 3. The van der Waals surface area contributed by atoms with Gasteiger partial charge in [-0.2, -0.15) is 0 Å². The number of fused-ring (bicyclic) bond motifs is 1. The number of carbonyl (C=O) groups excluding carboxylic acids is 3. The smallest absolute Gasteiger partial charge is 0.338 e. The predicted molar refractivity (Wildman–Crippen MR) is 121 cm³/mol. The molecule has 164 valence electrons. The Bertz CT molecular complexity index is 1410. The van der Waals surface area contributed by atoms with Crippen molar-refractivity contribution in [1.82, 2.24) is 14.9 Å². The van der Waals surface area contributed by atoms with Crippen LogP contribution in [-0.2, 0) is 9.53 Å². The first-order valence-electron chi connectivity index (χ1n) is 10.1. The first kappa shape index (κ1) is 21.6. The quantitative estimate of drug-likeness (QED) is 0.477. The van der Waals surface area contributed by atoms with Crippen LogP contribution in [0.3, 0.4) is 0 Å². The molecule has 8 heteroatoms. The summed E-state index contributed by atoms with van der Waals surface area (Å²) in [4.78, 5) is 53.6. The number of hydrogen-bond donors (Lipinski definition) is 1. The van der Waals surface area contributed by atoms with Gasteiger partial charge in [0, 0.05) is 5.56 Å². The van der Waals surface area contributed by atoms with E-state index < -0.39 is 24.4 Å². The van der Waals surface area contributed by atoms with E-state index in [2.05, 4.69) is 10.3 Å². The number of amides is 2. The Balaban J connectivity index is 1.43. The number of hydrogen-bond acceptors (Lipinski definition) is 6. The fraction of sp³-hybridized carbons (Fsp3) is 0.0800. The summed E-state index contributed by atoms with van der Waals surface area (Å²) < 4.78 is 6.45. The van der Waals surface area contributed by atoms with Gasteiger partial charge in [0.05, 0.1) is 22.2 Å². The summed E-state index contributed by atoms with van der Waals surface area (Å²) in [6.45, 7) is 1.12. The third-order valence-electron chi connectivity index (χ3n) is 4.93. The van der Waals surface area contributed by atoms with E-state index in [9.17, 15) is 19.2 Å². The molecule has 8 nitrogen and oxygen atoms in total. The topological polar surface area (TPSA) is 107 Å². The average Bonchev–Trinajstić information content (AvgIpc) is 2.83. The van der Waals surface area contributed by atoms with Crippen LogP contribution in [0.2, 0.25) is 0 Å². The molecule has 0 saturated heterocycles. The molecule has 0 saturated carbocycles. The molecule has 1 aromatic heterocycles. The molecular weight excluding hydrogens is 422 g/mol. The minimum atomic E-state index is -0.738. The van der Waals surface area contributed by atoms with Gasteiger partial charge in [-0.05, 0) is 55.5 Å². The molecule has 0 bridgehead atoms. The zero-order valence-electron chi connectivity index (χ0n) is 17.6. The molecule has 4 rings (SSSR count). The van der Waals surface area contributed by atoms with Crippen molar-refractivity contribution < 1.29 is 19.1 Å². The Morgan fingerprint density at radius 2 is 1.55 bits per heavy atom. The van der Waals surface area contributed by atoms with Gasteiger partial charge in [-0.1, -0.05) is 30.3 Å². The van der Waals surface area contributed by atoms with Crippen LogP contribution in [0.1, 0.15) is 26.5 Å². The SMILES string of the molecule is Cc1nc2ccccc2c(=O)n1-c1ccc(C(=O)OCC(=O)NC(=O)c2ccccc2)cc1. The number of esters is 1. The highest BCUT2D eigenvalue weighted by molar-refractivity contribution is 6.05. The first-order chi connectivity index (χ1) is 15.9.